The van der Waals surface area contributed by atoms with Gasteiger partial charge in [0.25, 0.3) is 0 Å². The van der Waals surface area contributed by atoms with E-state index in [2.05, 4.69) is 0 Å². The molecule has 2 rings (SSSR count). The van der Waals surface area contributed by atoms with Crippen LogP contribution >= 0.6 is 11.6 Å². The van der Waals surface area contributed by atoms with Gasteiger partial charge in [-0.2, -0.15) is 4.31 Å². The molecule has 0 aromatic heterocycles. The maximum Gasteiger partial charge on any atom is 0.246 e. The average Bonchev–Trinajstić information content (AvgIpc) is 2.87. The number of sulfonamides is 1. The van der Waals surface area contributed by atoms with E-state index in [9.17, 15) is 12.8 Å². The van der Waals surface area contributed by atoms with Crippen molar-refractivity contribution in [3.63, 3.8) is 0 Å². The smallest absolute Gasteiger partial charge is 0.246 e. The highest BCUT2D eigenvalue weighted by atomic mass is 35.5. The van der Waals surface area contributed by atoms with Crippen molar-refractivity contribution in [2.75, 3.05) is 27.2 Å². The molecule has 1 saturated heterocycles. The second kappa shape index (κ2) is 6.60. The van der Waals surface area contributed by atoms with Crippen LogP contribution in [0.4, 0.5) is 4.39 Å². The van der Waals surface area contributed by atoms with Gasteiger partial charge in [-0.15, -0.1) is 11.6 Å². The molecule has 1 fully saturated rings. The van der Waals surface area contributed by atoms with Crippen molar-refractivity contribution in [2.45, 2.75) is 29.7 Å². The van der Waals surface area contributed by atoms with Gasteiger partial charge in [0.1, 0.15) is 10.7 Å². The van der Waals surface area contributed by atoms with Crippen molar-refractivity contribution in [3.05, 3.63) is 29.6 Å². The Bertz CT molecular complexity index is 607. The third-order valence-corrected chi connectivity index (χ3v) is 5.91. The van der Waals surface area contributed by atoms with Gasteiger partial charge in [-0.05, 0) is 44.6 Å². The summed E-state index contributed by atoms with van der Waals surface area (Å²) in [6.45, 7) is 1.07. The molecule has 4 nitrogen and oxygen atoms in total. The van der Waals surface area contributed by atoms with Gasteiger partial charge < -0.3 is 4.90 Å². The lowest BCUT2D eigenvalue weighted by Crippen LogP contribution is -2.41. The monoisotopic (exact) mass is 334 g/mol. The standard InChI is InChI=1S/C14H20ClFN2O2S/c1-17(2)10-12-4-3-7-18(12)21(19,20)14-8-11(9-15)5-6-13(14)16/h5-6,8,12H,3-4,7,9-10H2,1-2H3. The summed E-state index contributed by atoms with van der Waals surface area (Å²) in [6.07, 6.45) is 1.60. The average molecular weight is 335 g/mol. The first-order valence-corrected chi connectivity index (χ1v) is 8.84. The predicted octanol–water partition coefficient (Wildman–Crippen LogP) is 2.28. The molecule has 1 aromatic carbocycles. The fourth-order valence-electron chi connectivity index (χ4n) is 2.68. The quantitative estimate of drug-likeness (QED) is 0.776. The Morgan fingerprint density at radius 3 is 2.76 bits per heavy atom. The van der Waals surface area contributed by atoms with E-state index in [1.807, 2.05) is 19.0 Å². The van der Waals surface area contributed by atoms with Crippen molar-refractivity contribution in [2.24, 2.45) is 0 Å². The zero-order valence-electron chi connectivity index (χ0n) is 12.2. The molecule has 0 radical (unpaired) electrons. The highest BCUT2D eigenvalue weighted by Gasteiger charge is 2.36. The molecule has 0 bridgehead atoms. The number of alkyl halides is 1. The molecule has 0 N–H and O–H groups in total. The van der Waals surface area contributed by atoms with Crippen LogP contribution < -0.4 is 0 Å². The number of rotatable bonds is 5. The van der Waals surface area contributed by atoms with Crippen LogP contribution in [0.15, 0.2) is 23.1 Å². The van der Waals surface area contributed by atoms with E-state index in [0.717, 1.165) is 12.8 Å². The minimum atomic E-state index is -3.82. The maximum absolute atomic E-state index is 14.0. The lowest BCUT2D eigenvalue weighted by molar-refractivity contribution is 0.290. The van der Waals surface area contributed by atoms with E-state index in [1.165, 1.54) is 22.5 Å². The lowest BCUT2D eigenvalue weighted by atomic mass is 10.2. The van der Waals surface area contributed by atoms with Gasteiger partial charge in [-0.1, -0.05) is 6.07 Å². The fraction of sp³-hybridized carbons (Fsp3) is 0.571. The van der Waals surface area contributed by atoms with Crippen LogP contribution in [-0.4, -0.2) is 50.8 Å². The maximum atomic E-state index is 14.0. The van der Waals surface area contributed by atoms with E-state index in [4.69, 9.17) is 11.6 Å². The summed E-state index contributed by atoms with van der Waals surface area (Å²) in [5.41, 5.74) is 0.597. The molecule has 1 heterocycles. The minimum Gasteiger partial charge on any atom is -0.308 e. The second-order valence-electron chi connectivity index (χ2n) is 5.57. The lowest BCUT2D eigenvalue weighted by Gasteiger charge is -2.26. The number of hydrogen-bond donors (Lipinski definition) is 0. The molecule has 118 valence electrons. The van der Waals surface area contributed by atoms with Crippen molar-refractivity contribution < 1.29 is 12.8 Å². The zero-order valence-corrected chi connectivity index (χ0v) is 13.8. The van der Waals surface area contributed by atoms with Crippen LogP contribution in [0.3, 0.4) is 0 Å². The number of nitrogens with zero attached hydrogens (tertiary/aromatic N) is 2. The molecule has 1 aromatic rings. The van der Waals surface area contributed by atoms with Crippen molar-refractivity contribution in [1.29, 1.82) is 0 Å². The van der Waals surface area contributed by atoms with E-state index in [-0.39, 0.29) is 16.8 Å². The molecule has 0 aliphatic carbocycles. The first-order chi connectivity index (χ1) is 9.86. The summed E-state index contributed by atoms with van der Waals surface area (Å²) >= 11 is 5.72. The highest BCUT2D eigenvalue weighted by Crippen LogP contribution is 2.28. The first kappa shape index (κ1) is 16.7. The molecule has 0 spiro atoms. The van der Waals surface area contributed by atoms with E-state index in [1.54, 1.807) is 0 Å². The van der Waals surface area contributed by atoms with Gasteiger partial charge in [0.15, 0.2) is 0 Å². The molecule has 0 amide bonds. The van der Waals surface area contributed by atoms with Crippen LogP contribution in [-0.2, 0) is 15.9 Å². The Kier molecular flexibility index (Phi) is 5.24. The summed E-state index contributed by atoms with van der Waals surface area (Å²) in [5.74, 6) is -0.566. The van der Waals surface area contributed by atoms with Gasteiger partial charge in [-0.25, -0.2) is 12.8 Å². The summed E-state index contributed by atoms with van der Waals surface area (Å²) < 4.78 is 40.9. The molecule has 1 unspecified atom stereocenters. The topological polar surface area (TPSA) is 40.6 Å². The van der Waals surface area contributed by atoms with Crippen molar-refractivity contribution in [1.82, 2.24) is 9.21 Å². The number of likely N-dealkylation sites (N-methyl/N-ethyl adjacent to an activating group) is 1. The number of benzene rings is 1. The molecule has 1 atom stereocenters. The first-order valence-electron chi connectivity index (χ1n) is 6.87. The zero-order chi connectivity index (χ0) is 15.6. The summed E-state index contributed by atoms with van der Waals surface area (Å²) in [5, 5.41) is 0. The Morgan fingerprint density at radius 1 is 1.43 bits per heavy atom. The SMILES string of the molecule is CN(C)CC1CCCN1S(=O)(=O)c1cc(CCl)ccc1F. The normalized spacial score (nSPS) is 20.3. The predicted molar refractivity (Wildman–Crippen MR) is 81.4 cm³/mol. The fourth-order valence-corrected chi connectivity index (χ4v) is 4.65. The Labute approximate surface area is 130 Å². The molecule has 21 heavy (non-hydrogen) atoms. The third kappa shape index (κ3) is 3.56. The van der Waals surface area contributed by atoms with Crippen molar-refractivity contribution in [3.8, 4) is 0 Å². The third-order valence-electron chi connectivity index (χ3n) is 3.64. The Morgan fingerprint density at radius 2 is 2.14 bits per heavy atom. The molecular weight excluding hydrogens is 315 g/mol. The van der Waals surface area contributed by atoms with Crippen LogP contribution in [0, 0.1) is 5.82 Å². The molecular formula is C14H20ClFN2O2S. The summed E-state index contributed by atoms with van der Waals surface area (Å²) in [4.78, 5) is 1.68. The number of hydrogen-bond acceptors (Lipinski definition) is 3. The van der Waals surface area contributed by atoms with Gasteiger partial charge in [-0.3, -0.25) is 0 Å². The minimum absolute atomic E-state index is 0.107. The van der Waals surface area contributed by atoms with Crippen molar-refractivity contribution >= 4 is 21.6 Å². The van der Waals surface area contributed by atoms with Gasteiger partial charge >= 0.3 is 0 Å². The summed E-state index contributed by atoms with van der Waals surface area (Å²) in [6, 6.07) is 3.90. The largest absolute Gasteiger partial charge is 0.308 e. The van der Waals surface area contributed by atoms with Crippen LogP contribution in [0.25, 0.3) is 0 Å². The van der Waals surface area contributed by atoms with E-state index < -0.39 is 15.8 Å². The molecule has 0 saturated carbocycles. The van der Waals surface area contributed by atoms with Crippen LogP contribution in [0.2, 0.25) is 0 Å². The Hall–Kier alpha value is -0.690. The Balaban J connectivity index is 2.37. The summed E-state index contributed by atoms with van der Waals surface area (Å²) in [7, 11) is -0.0225. The second-order valence-corrected chi connectivity index (χ2v) is 7.70. The van der Waals surface area contributed by atoms with Gasteiger partial charge in [0, 0.05) is 25.0 Å². The molecule has 1 aliphatic heterocycles. The molecule has 7 heteroatoms. The highest BCUT2D eigenvalue weighted by molar-refractivity contribution is 7.89. The van der Waals surface area contributed by atoms with Crippen LogP contribution in [0.1, 0.15) is 18.4 Å². The van der Waals surface area contributed by atoms with Crippen LogP contribution in [0.5, 0.6) is 0 Å². The van der Waals surface area contributed by atoms with Gasteiger partial charge in [0.2, 0.25) is 10.0 Å². The van der Waals surface area contributed by atoms with Gasteiger partial charge in [0.05, 0.1) is 0 Å². The van der Waals surface area contributed by atoms with E-state index >= 15 is 0 Å². The number of halogens is 2. The molecule has 1 aliphatic rings. The van der Waals surface area contributed by atoms with E-state index in [0.29, 0.717) is 18.7 Å².